The molecule has 6 heteroatoms. The van der Waals surface area contributed by atoms with Crippen molar-refractivity contribution < 1.29 is 4.79 Å². The summed E-state index contributed by atoms with van der Waals surface area (Å²) >= 11 is 0. The van der Waals surface area contributed by atoms with Gasteiger partial charge in [-0.05, 0) is 37.8 Å². The third kappa shape index (κ3) is 2.67. The molecule has 0 fully saturated rings. The second-order valence-electron chi connectivity index (χ2n) is 7.81. The molecule has 2 unspecified atom stereocenters. The number of nitrogens with zero attached hydrogens (tertiary/aromatic N) is 2. The Morgan fingerprint density at radius 3 is 2.85 bits per heavy atom. The molecule has 5 rings (SSSR count). The molecule has 27 heavy (non-hydrogen) atoms. The number of hydrogen-bond acceptors (Lipinski definition) is 4. The molecule has 4 bridgehead atoms. The third-order valence-corrected chi connectivity index (χ3v) is 5.80. The van der Waals surface area contributed by atoms with Gasteiger partial charge in [0.2, 0.25) is 0 Å². The number of carbonyl (C=O) groups excluding carboxylic acids is 1. The molecule has 2 aliphatic heterocycles. The van der Waals surface area contributed by atoms with Crippen LogP contribution in [-0.2, 0) is 0 Å². The minimum Gasteiger partial charge on any atom is -0.368 e. The van der Waals surface area contributed by atoms with Crippen molar-refractivity contribution in [3.8, 4) is 11.3 Å². The van der Waals surface area contributed by atoms with Gasteiger partial charge in [0.25, 0.3) is 5.91 Å². The molecule has 1 amide bonds. The lowest BCUT2D eigenvalue weighted by Crippen LogP contribution is -2.34. The number of aromatic nitrogens is 3. The van der Waals surface area contributed by atoms with Crippen LogP contribution in [0.25, 0.3) is 22.3 Å². The summed E-state index contributed by atoms with van der Waals surface area (Å²) in [5.41, 5.74) is 6.38. The van der Waals surface area contributed by atoms with E-state index in [1.54, 1.807) is 0 Å². The maximum Gasteiger partial charge on any atom is 0.253 e. The Bertz CT molecular complexity index is 1050. The molecule has 3 N–H and O–H groups in total. The predicted octanol–water partition coefficient (Wildman–Crippen LogP) is 3.60. The molecular formula is C21H23N5O. The van der Waals surface area contributed by atoms with Crippen LogP contribution in [0.3, 0.4) is 0 Å². The maximum absolute atomic E-state index is 12.4. The van der Waals surface area contributed by atoms with Crippen LogP contribution in [0, 0.1) is 12.8 Å². The maximum atomic E-state index is 12.4. The summed E-state index contributed by atoms with van der Waals surface area (Å²) in [5.74, 6) is 1.68. The summed E-state index contributed by atoms with van der Waals surface area (Å²) in [6, 6.07) is 8.00. The Hall–Kier alpha value is -2.89. The number of anilines is 1. The molecule has 2 atom stereocenters. The first-order valence-electron chi connectivity index (χ1n) is 9.63. The summed E-state index contributed by atoms with van der Waals surface area (Å²) in [6.07, 6.45) is 2.13. The van der Waals surface area contributed by atoms with Gasteiger partial charge in [-0.1, -0.05) is 19.1 Å². The number of benzene rings is 1. The molecule has 0 aliphatic carbocycles. The lowest BCUT2D eigenvalue weighted by molar-refractivity contribution is 0.0938. The number of rotatable bonds is 0. The van der Waals surface area contributed by atoms with Gasteiger partial charge in [0.15, 0.2) is 0 Å². The fourth-order valence-electron chi connectivity index (χ4n) is 4.19. The quantitative estimate of drug-likeness (QED) is 0.571. The fraction of sp³-hybridized carbons (Fsp3) is 0.381. The predicted molar refractivity (Wildman–Crippen MR) is 106 cm³/mol. The number of para-hydroxylation sites is 1. The summed E-state index contributed by atoms with van der Waals surface area (Å²) < 4.78 is 0. The van der Waals surface area contributed by atoms with Crippen molar-refractivity contribution >= 4 is 22.8 Å². The zero-order chi connectivity index (χ0) is 18.5. The number of aryl methyl sites for hydroxylation is 1. The summed E-state index contributed by atoms with van der Waals surface area (Å²) in [4.78, 5) is 25.6. The molecule has 2 aromatic heterocycles. The minimum atomic E-state index is 0.00779. The summed E-state index contributed by atoms with van der Waals surface area (Å²) in [7, 11) is 0. The van der Waals surface area contributed by atoms with E-state index in [0.29, 0.717) is 18.4 Å². The standard InChI is InChI=1S/C21H23N5O/c1-11-6-7-13-10-23-21(27)15-8-17(25-18(13)15)14-4-3-5-16-19(14)26-20(22-9-11)12(2)24-16/h3-5,8,11,13,25H,6-7,9-10H2,1-2H3,(H,22,26)(H,23,27). The highest BCUT2D eigenvalue weighted by Crippen LogP contribution is 2.35. The summed E-state index contributed by atoms with van der Waals surface area (Å²) in [6.45, 7) is 5.81. The van der Waals surface area contributed by atoms with Crippen molar-refractivity contribution in [2.24, 2.45) is 5.92 Å². The number of nitrogens with one attached hydrogen (secondary N) is 3. The van der Waals surface area contributed by atoms with Gasteiger partial charge in [0.1, 0.15) is 11.3 Å². The van der Waals surface area contributed by atoms with Gasteiger partial charge in [-0.3, -0.25) is 4.79 Å². The van der Waals surface area contributed by atoms with Crippen molar-refractivity contribution in [1.29, 1.82) is 0 Å². The fourth-order valence-corrected chi connectivity index (χ4v) is 4.19. The zero-order valence-corrected chi connectivity index (χ0v) is 15.6. The summed E-state index contributed by atoms with van der Waals surface area (Å²) in [5, 5.41) is 6.55. The Labute approximate surface area is 157 Å². The number of H-pyrrole nitrogens is 1. The molecule has 138 valence electrons. The normalized spacial score (nSPS) is 21.8. The van der Waals surface area contributed by atoms with Crippen LogP contribution in [0.2, 0.25) is 0 Å². The molecule has 2 aliphatic rings. The van der Waals surface area contributed by atoms with Crippen molar-refractivity contribution in [2.45, 2.75) is 32.6 Å². The first-order chi connectivity index (χ1) is 13.1. The van der Waals surface area contributed by atoms with E-state index in [-0.39, 0.29) is 5.91 Å². The molecule has 6 nitrogen and oxygen atoms in total. The lowest BCUT2D eigenvalue weighted by Gasteiger charge is -2.24. The molecule has 0 radical (unpaired) electrons. The van der Waals surface area contributed by atoms with Gasteiger partial charge in [0.05, 0.1) is 16.8 Å². The van der Waals surface area contributed by atoms with Crippen molar-refractivity contribution in [2.75, 3.05) is 18.4 Å². The van der Waals surface area contributed by atoms with Gasteiger partial charge < -0.3 is 15.6 Å². The second kappa shape index (κ2) is 6.08. The first kappa shape index (κ1) is 16.3. The molecular weight excluding hydrogens is 338 g/mol. The Balaban J connectivity index is 1.76. The largest absolute Gasteiger partial charge is 0.368 e. The number of fused-ring (bicyclic) bond motifs is 3. The average Bonchev–Trinajstić information content (AvgIpc) is 3.11. The van der Waals surface area contributed by atoms with E-state index in [1.807, 2.05) is 31.2 Å². The van der Waals surface area contributed by atoms with Crippen molar-refractivity contribution in [3.63, 3.8) is 0 Å². The first-order valence-corrected chi connectivity index (χ1v) is 9.63. The van der Waals surface area contributed by atoms with E-state index in [1.165, 1.54) is 0 Å². The van der Waals surface area contributed by atoms with Crippen LogP contribution in [0.1, 0.15) is 47.4 Å². The van der Waals surface area contributed by atoms with Gasteiger partial charge in [-0.25, -0.2) is 9.97 Å². The molecule has 4 heterocycles. The minimum absolute atomic E-state index is 0.00779. The SMILES string of the molecule is Cc1nc2cccc3c2nc1NCC(C)CCC1CNC(=O)c2cc-3[nH]c21. The Morgan fingerprint density at radius 2 is 1.96 bits per heavy atom. The Kier molecular flexibility index (Phi) is 3.67. The molecule has 3 aromatic rings. The molecule has 0 saturated carbocycles. The van der Waals surface area contributed by atoms with E-state index in [2.05, 4.69) is 22.5 Å². The highest BCUT2D eigenvalue weighted by atomic mass is 16.1. The average molecular weight is 361 g/mol. The molecule has 1 aromatic carbocycles. The van der Waals surface area contributed by atoms with Crippen LogP contribution in [0.15, 0.2) is 24.3 Å². The highest BCUT2D eigenvalue weighted by molar-refractivity contribution is 6.00. The van der Waals surface area contributed by atoms with Gasteiger partial charge in [-0.2, -0.15) is 0 Å². The molecule has 0 saturated heterocycles. The van der Waals surface area contributed by atoms with Gasteiger partial charge in [-0.15, -0.1) is 0 Å². The van der Waals surface area contributed by atoms with E-state index >= 15 is 0 Å². The van der Waals surface area contributed by atoms with E-state index in [4.69, 9.17) is 9.97 Å². The number of aromatic amines is 1. The van der Waals surface area contributed by atoms with E-state index in [9.17, 15) is 4.79 Å². The number of amides is 1. The smallest absolute Gasteiger partial charge is 0.253 e. The topological polar surface area (TPSA) is 82.7 Å². The van der Waals surface area contributed by atoms with Crippen LogP contribution in [0.4, 0.5) is 5.82 Å². The second-order valence-corrected chi connectivity index (χ2v) is 7.81. The monoisotopic (exact) mass is 361 g/mol. The number of hydrogen-bond donors (Lipinski definition) is 3. The van der Waals surface area contributed by atoms with E-state index in [0.717, 1.165) is 64.4 Å². The lowest BCUT2D eigenvalue weighted by atomic mass is 9.90. The molecule has 0 spiro atoms. The van der Waals surface area contributed by atoms with Gasteiger partial charge >= 0.3 is 0 Å². The van der Waals surface area contributed by atoms with Crippen LogP contribution in [-0.4, -0.2) is 33.9 Å². The van der Waals surface area contributed by atoms with Crippen molar-refractivity contribution in [3.05, 3.63) is 41.2 Å². The number of carbonyl (C=O) groups is 1. The third-order valence-electron chi connectivity index (χ3n) is 5.80. The van der Waals surface area contributed by atoms with Crippen molar-refractivity contribution in [1.82, 2.24) is 20.3 Å². The Morgan fingerprint density at radius 1 is 1.07 bits per heavy atom. The van der Waals surface area contributed by atoms with Crippen LogP contribution < -0.4 is 10.6 Å². The zero-order valence-electron chi connectivity index (χ0n) is 15.6. The highest BCUT2D eigenvalue weighted by Gasteiger charge is 2.29. The van der Waals surface area contributed by atoms with Gasteiger partial charge in [0, 0.05) is 36.0 Å². The van der Waals surface area contributed by atoms with Crippen LogP contribution >= 0.6 is 0 Å². The van der Waals surface area contributed by atoms with Crippen LogP contribution in [0.5, 0.6) is 0 Å². The van der Waals surface area contributed by atoms with E-state index < -0.39 is 0 Å².